The highest BCUT2D eigenvalue weighted by atomic mass is 16.3. The van der Waals surface area contributed by atoms with Crippen LogP contribution in [0.5, 0.6) is 11.5 Å². The zero-order valence-electron chi connectivity index (χ0n) is 12.7. The van der Waals surface area contributed by atoms with Crippen molar-refractivity contribution < 1.29 is 10.2 Å². The molecule has 0 saturated carbocycles. The quantitative estimate of drug-likeness (QED) is 0.564. The van der Waals surface area contributed by atoms with E-state index in [0.29, 0.717) is 22.1 Å². The maximum absolute atomic E-state index is 10.1. The highest BCUT2D eigenvalue weighted by molar-refractivity contribution is 5.93. The van der Waals surface area contributed by atoms with E-state index in [-0.39, 0.29) is 11.5 Å². The van der Waals surface area contributed by atoms with Crippen molar-refractivity contribution in [2.75, 3.05) is 0 Å². The third-order valence-corrected chi connectivity index (χ3v) is 3.89. The Morgan fingerprint density at radius 2 is 1.77 bits per heavy atom. The van der Waals surface area contributed by atoms with Gasteiger partial charge in [-0.25, -0.2) is 9.97 Å². The van der Waals surface area contributed by atoms with Crippen LogP contribution in [0.15, 0.2) is 42.0 Å². The van der Waals surface area contributed by atoms with Gasteiger partial charge in [0.1, 0.15) is 22.5 Å². The van der Waals surface area contributed by atoms with Crippen molar-refractivity contribution in [3.8, 4) is 11.5 Å². The van der Waals surface area contributed by atoms with Gasteiger partial charge in [0.25, 0.3) is 0 Å². The molecule has 1 heterocycles. The Hall–Kier alpha value is -2.62. The first-order chi connectivity index (χ1) is 10.6. The number of phenols is 2. The number of allylic oxidation sites excluding steroid dienone is 2. The molecule has 4 nitrogen and oxygen atoms in total. The maximum atomic E-state index is 10.1. The van der Waals surface area contributed by atoms with E-state index in [0.717, 1.165) is 18.4 Å². The van der Waals surface area contributed by atoms with E-state index in [1.54, 1.807) is 24.3 Å². The highest BCUT2D eigenvalue weighted by Gasteiger charge is 2.11. The second kappa shape index (κ2) is 5.64. The molecule has 0 aliphatic carbocycles. The van der Waals surface area contributed by atoms with Crippen LogP contribution in [0.1, 0.15) is 25.8 Å². The third-order valence-electron chi connectivity index (χ3n) is 3.89. The SMILES string of the molecule is CC/C(C)=C\Cc1ccc(O)c2nc3cccc(O)c3nc12. The minimum absolute atomic E-state index is 0.0986. The monoisotopic (exact) mass is 294 g/mol. The molecule has 112 valence electrons. The summed E-state index contributed by atoms with van der Waals surface area (Å²) in [4.78, 5) is 8.99. The molecule has 0 amide bonds. The lowest BCUT2D eigenvalue weighted by molar-refractivity contribution is 0.478. The molecule has 22 heavy (non-hydrogen) atoms. The summed E-state index contributed by atoms with van der Waals surface area (Å²) in [6.07, 6.45) is 3.89. The molecule has 0 unspecified atom stereocenters. The minimum Gasteiger partial charge on any atom is -0.506 e. The van der Waals surface area contributed by atoms with Gasteiger partial charge in [-0.1, -0.05) is 30.7 Å². The number of para-hydroxylation sites is 1. The number of aromatic nitrogens is 2. The van der Waals surface area contributed by atoms with E-state index in [9.17, 15) is 10.2 Å². The fraction of sp³-hybridized carbons (Fsp3) is 0.222. The molecule has 0 fully saturated rings. The van der Waals surface area contributed by atoms with E-state index >= 15 is 0 Å². The predicted octanol–water partition coefficient (Wildman–Crippen LogP) is 4.09. The minimum atomic E-state index is 0.0986. The van der Waals surface area contributed by atoms with E-state index < -0.39 is 0 Å². The summed E-state index contributed by atoms with van der Waals surface area (Å²) in [6.45, 7) is 4.21. The molecule has 2 aromatic carbocycles. The number of nitrogens with zero attached hydrogens (tertiary/aromatic N) is 2. The number of hydrogen-bond donors (Lipinski definition) is 2. The van der Waals surface area contributed by atoms with Crippen molar-refractivity contribution >= 4 is 22.1 Å². The summed E-state index contributed by atoms with van der Waals surface area (Å²) >= 11 is 0. The first-order valence-corrected chi connectivity index (χ1v) is 7.36. The van der Waals surface area contributed by atoms with E-state index in [1.165, 1.54) is 5.57 Å². The van der Waals surface area contributed by atoms with Crippen molar-refractivity contribution in [1.82, 2.24) is 9.97 Å². The van der Waals surface area contributed by atoms with Gasteiger partial charge in [-0.3, -0.25) is 0 Å². The molecule has 0 aliphatic rings. The molecule has 4 heteroatoms. The molecule has 0 saturated heterocycles. The van der Waals surface area contributed by atoms with Gasteiger partial charge < -0.3 is 10.2 Å². The molecule has 2 N–H and O–H groups in total. The van der Waals surface area contributed by atoms with Crippen molar-refractivity contribution in [3.05, 3.63) is 47.5 Å². The number of phenolic OH excluding ortho intramolecular Hbond substituents is 2. The smallest absolute Gasteiger partial charge is 0.143 e. The lowest BCUT2D eigenvalue weighted by Crippen LogP contribution is -1.94. The van der Waals surface area contributed by atoms with Gasteiger partial charge in [0.05, 0.1) is 11.0 Å². The fourth-order valence-corrected chi connectivity index (χ4v) is 2.40. The summed E-state index contributed by atoms with van der Waals surface area (Å²) in [6, 6.07) is 8.58. The van der Waals surface area contributed by atoms with Crippen molar-refractivity contribution in [3.63, 3.8) is 0 Å². The lowest BCUT2D eigenvalue weighted by Gasteiger charge is -2.08. The maximum Gasteiger partial charge on any atom is 0.143 e. The van der Waals surface area contributed by atoms with Crippen LogP contribution < -0.4 is 0 Å². The van der Waals surface area contributed by atoms with Crippen LogP contribution in [0.2, 0.25) is 0 Å². The lowest BCUT2D eigenvalue weighted by atomic mass is 10.1. The van der Waals surface area contributed by atoms with Gasteiger partial charge in [0.2, 0.25) is 0 Å². The summed E-state index contributed by atoms with van der Waals surface area (Å²) < 4.78 is 0. The zero-order chi connectivity index (χ0) is 15.7. The molecule has 3 aromatic rings. The zero-order valence-corrected chi connectivity index (χ0v) is 12.7. The predicted molar refractivity (Wildman–Crippen MR) is 88.1 cm³/mol. The Morgan fingerprint density at radius 3 is 2.55 bits per heavy atom. The van der Waals surface area contributed by atoms with Gasteiger partial charge >= 0.3 is 0 Å². The van der Waals surface area contributed by atoms with Crippen LogP contribution >= 0.6 is 0 Å². The van der Waals surface area contributed by atoms with Crippen LogP contribution in [0.25, 0.3) is 22.1 Å². The Bertz CT molecular complexity index is 885. The average Bonchev–Trinajstić information content (AvgIpc) is 2.53. The Morgan fingerprint density at radius 1 is 1.00 bits per heavy atom. The van der Waals surface area contributed by atoms with Gasteiger partial charge in [0.15, 0.2) is 0 Å². The van der Waals surface area contributed by atoms with Gasteiger partial charge in [0, 0.05) is 0 Å². The van der Waals surface area contributed by atoms with Crippen LogP contribution in [-0.4, -0.2) is 20.2 Å². The number of benzene rings is 2. The first-order valence-electron chi connectivity index (χ1n) is 7.36. The number of fused-ring (bicyclic) bond motifs is 2. The second-order valence-electron chi connectivity index (χ2n) is 5.42. The van der Waals surface area contributed by atoms with Crippen LogP contribution in [0, 0.1) is 0 Å². The van der Waals surface area contributed by atoms with Crippen LogP contribution in [0.4, 0.5) is 0 Å². The summed E-state index contributed by atoms with van der Waals surface area (Å²) in [5, 5.41) is 20.0. The molecular formula is C18H18N2O2. The largest absolute Gasteiger partial charge is 0.506 e. The van der Waals surface area contributed by atoms with Crippen molar-refractivity contribution in [1.29, 1.82) is 0 Å². The first kappa shape index (κ1) is 14.3. The van der Waals surface area contributed by atoms with Crippen molar-refractivity contribution in [2.24, 2.45) is 0 Å². The summed E-state index contributed by atoms with van der Waals surface area (Å²) in [5.74, 6) is 0.203. The molecule has 1 aromatic heterocycles. The number of hydrogen-bond acceptors (Lipinski definition) is 4. The topological polar surface area (TPSA) is 66.2 Å². The number of aromatic hydroxyl groups is 2. The molecule has 3 rings (SSSR count). The second-order valence-corrected chi connectivity index (χ2v) is 5.42. The summed E-state index contributed by atoms with van der Waals surface area (Å²) in [7, 11) is 0. The standard InChI is InChI=1S/C18H18N2O2/c1-3-11(2)7-8-12-9-10-15(22)18-16(12)20-17-13(19-18)5-4-6-14(17)21/h4-7,9-10,21-22H,3,8H2,1-2H3/b11-7-. The van der Waals surface area contributed by atoms with E-state index in [1.807, 2.05) is 6.07 Å². The van der Waals surface area contributed by atoms with Crippen molar-refractivity contribution in [2.45, 2.75) is 26.7 Å². The highest BCUT2D eigenvalue weighted by Crippen LogP contribution is 2.30. The molecule has 0 bridgehead atoms. The van der Waals surface area contributed by atoms with E-state index in [4.69, 9.17) is 0 Å². The average molecular weight is 294 g/mol. The van der Waals surface area contributed by atoms with E-state index in [2.05, 4.69) is 29.9 Å². The van der Waals surface area contributed by atoms with Crippen LogP contribution in [-0.2, 0) is 6.42 Å². The van der Waals surface area contributed by atoms with Gasteiger partial charge in [-0.15, -0.1) is 0 Å². The molecule has 0 spiro atoms. The van der Waals surface area contributed by atoms with Crippen LogP contribution in [0.3, 0.4) is 0 Å². The summed E-state index contributed by atoms with van der Waals surface area (Å²) in [5.41, 5.74) is 4.42. The van der Waals surface area contributed by atoms with Gasteiger partial charge in [-0.2, -0.15) is 0 Å². The molecule has 0 radical (unpaired) electrons. The molecule has 0 aliphatic heterocycles. The normalized spacial score (nSPS) is 12.2. The fourth-order valence-electron chi connectivity index (χ4n) is 2.40. The number of rotatable bonds is 3. The van der Waals surface area contributed by atoms with Gasteiger partial charge in [-0.05, 0) is 43.5 Å². The Labute approximate surface area is 128 Å². The Balaban J connectivity index is 2.25. The Kier molecular flexibility index (Phi) is 3.67. The third kappa shape index (κ3) is 2.48. The molecule has 0 atom stereocenters. The molecular weight excluding hydrogens is 276 g/mol.